The molecule has 1 atom stereocenters. The van der Waals surface area contributed by atoms with Crippen LogP contribution in [-0.2, 0) is 16.0 Å². The van der Waals surface area contributed by atoms with Crippen LogP contribution < -0.4 is 5.73 Å². The molecule has 102 valence electrons. The van der Waals surface area contributed by atoms with E-state index in [-0.39, 0.29) is 18.4 Å². The van der Waals surface area contributed by atoms with Gasteiger partial charge in [0.1, 0.15) is 0 Å². The summed E-state index contributed by atoms with van der Waals surface area (Å²) in [7, 11) is 0. The second kappa shape index (κ2) is 5.73. The van der Waals surface area contributed by atoms with Crippen molar-refractivity contribution < 1.29 is 14.7 Å². The minimum Gasteiger partial charge on any atom is -0.481 e. The number of nitrogens with zero attached hydrogens (tertiary/aromatic N) is 1. The predicted octanol–water partition coefficient (Wildman–Crippen LogP) is 1.28. The van der Waals surface area contributed by atoms with E-state index >= 15 is 0 Å². The Kier molecular flexibility index (Phi) is 4.04. The Labute approximate surface area is 112 Å². The van der Waals surface area contributed by atoms with Gasteiger partial charge in [0.25, 0.3) is 0 Å². The molecule has 19 heavy (non-hydrogen) atoms. The van der Waals surface area contributed by atoms with Gasteiger partial charge in [0.2, 0.25) is 5.91 Å². The number of aliphatic carboxylic acids is 1. The number of benzene rings is 1. The lowest BCUT2D eigenvalue weighted by Gasteiger charge is -2.23. The molecular formula is C14H18N2O3. The largest absolute Gasteiger partial charge is 0.481 e. The lowest BCUT2D eigenvalue weighted by atomic mass is 10.1. The van der Waals surface area contributed by atoms with Gasteiger partial charge in [0.05, 0.1) is 12.8 Å². The summed E-state index contributed by atoms with van der Waals surface area (Å²) in [6, 6.07) is 7.03. The minimum absolute atomic E-state index is 0.00600. The summed E-state index contributed by atoms with van der Waals surface area (Å²) in [6.45, 7) is 0.658. The zero-order valence-electron chi connectivity index (χ0n) is 10.7. The molecule has 1 saturated heterocycles. The van der Waals surface area contributed by atoms with Crippen LogP contribution in [0.4, 0.5) is 5.69 Å². The highest BCUT2D eigenvalue weighted by Crippen LogP contribution is 2.21. The molecular weight excluding hydrogens is 244 g/mol. The normalized spacial score (nSPS) is 18.5. The summed E-state index contributed by atoms with van der Waals surface area (Å²) < 4.78 is 0. The molecule has 2 rings (SSSR count). The van der Waals surface area contributed by atoms with Gasteiger partial charge in [0.15, 0.2) is 0 Å². The van der Waals surface area contributed by atoms with Crippen LogP contribution in [-0.4, -0.2) is 34.5 Å². The van der Waals surface area contributed by atoms with Gasteiger partial charge in [-0.15, -0.1) is 0 Å². The molecule has 1 heterocycles. The molecule has 5 nitrogen and oxygen atoms in total. The zero-order valence-corrected chi connectivity index (χ0v) is 10.7. The monoisotopic (exact) mass is 262 g/mol. The van der Waals surface area contributed by atoms with Crippen molar-refractivity contribution in [2.75, 3.05) is 12.3 Å². The maximum Gasteiger partial charge on any atom is 0.305 e. The number of rotatable bonds is 4. The van der Waals surface area contributed by atoms with E-state index in [4.69, 9.17) is 10.8 Å². The molecule has 3 N–H and O–H groups in total. The Hall–Kier alpha value is -2.04. The van der Waals surface area contributed by atoms with Gasteiger partial charge in [-0.2, -0.15) is 0 Å². The number of hydrogen-bond acceptors (Lipinski definition) is 3. The first-order valence-corrected chi connectivity index (χ1v) is 6.42. The first-order valence-electron chi connectivity index (χ1n) is 6.42. The number of carbonyl (C=O) groups excluding carboxylic acids is 1. The number of likely N-dealkylation sites (tertiary alicyclic amines) is 1. The van der Waals surface area contributed by atoms with Crippen molar-refractivity contribution in [2.24, 2.45) is 0 Å². The van der Waals surface area contributed by atoms with Crippen molar-refractivity contribution in [3.63, 3.8) is 0 Å². The average molecular weight is 262 g/mol. The quantitative estimate of drug-likeness (QED) is 0.800. The van der Waals surface area contributed by atoms with Crippen molar-refractivity contribution in [3.05, 3.63) is 29.8 Å². The molecule has 0 spiro atoms. The van der Waals surface area contributed by atoms with Gasteiger partial charge in [-0.25, -0.2) is 0 Å². The summed E-state index contributed by atoms with van der Waals surface area (Å²) in [5.74, 6) is -0.856. The summed E-state index contributed by atoms with van der Waals surface area (Å²) in [5.41, 5.74) is 7.17. The van der Waals surface area contributed by atoms with Gasteiger partial charge in [-0.1, -0.05) is 12.1 Å². The third-order valence-electron chi connectivity index (χ3n) is 3.44. The van der Waals surface area contributed by atoms with Gasteiger partial charge in [0, 0.05) is 18.3 Å². The van der Waals surface area contributed by atoms with Crippen LogP contribution >= 0.6 is 0 Å². The fraction of sp³-hybridized carbons (Fsp3) is 0.429. The van der Waals surface area contributed by atoms with E-state index in [0.29, 0.717) is 18.7 Å². The molecule has 1 aromatic carbocycles. The van der Waals surface area contributed by atoms with Crippen LogP contribution in [0.1, 0.15) is 24.8 Å². The molecule has 0 saturated carbocycles. The zero-order chi connectivity index (χ0) is 13.8. The Morgan fingerprint density at radius 1 is 1.32 bits per heavy atom. The van der Waals surface area contributed by atoms with Crippen molar-refractivity contribution >= 4 is 17.6 Å². The first kappa shape index (κ1) is 13.4. The summed E-state index contributed by atoms with van der Waals surface area (Å²) in [5, 5.41) is 8.84. The number of anilines is 1. The van der Waals surface area contributed by atoms with E-state index in [9.17, 15) is 9.59 Å². The molecule has 1 aliphatic heterocycles. The van der Waals surface area contributed by atoms with Crippen LogP contribution in [0.5, 0.6) is 0 Å². The Morgan fingerprint density at radius 2 is 2.00 bits per heavy atom. The van der Waals surface area contributed by atoms with Crippen LogP contribution in [0.25, 0.3) is 0 Å². The van der Waals surface area contributed by atoms with E-state index in [0.717, 1.165) is 18.4 Å². The first-order chi connectivity index (χ1) is 9.06. The molecule has 0 aromatic heterocycles. The summed E-state index contributed by atoms with van der Waals surface area (Å²) in [6.07, 6.45) is 2.00. The maximum atomic E-state index is 12.2. The minimum atomic E-state index is -0.850. The SMILES string of the molecule is Nc1ccc(CC(=O)N2CCCC2CC(=O)O)cc1. The van der Waals surface area contributed by atoms with Crippen molar-refractivity contribution in [1.82, 2.24) is 4.90 Å². The molecule has 1 unspecified atom stereocenters. The van der Waals surface area contributed by atoms with Crippen LogP contribution in [0.15, 0.2) is 24.3 Å². The number of amides is 1. The lowest BCUT2D eigenvalue weighted by Crippen LogP contribution is -2.37. The third kappa shape index (κ3) is 3.47. The second-order valence-electron chi connectivity index (χ2n) is 4.90. The molecule has 0 radical (unpaired) electrons. The maximum absolute atomic E-state index is 12.2. The number of carbonyl (C=O) groups is 2. The second-order valence-corrected chi connectivity index (χ2v) is 4.90. The Balaban J connectivity index is 1.98. The number of nitrogens with two attached hydrogens (primary N) is 1. The molecule has 0 bridgehead atoms. The molecule has 0 aliphatic carbocycles. The fourth-order valence-corrected chi connectivity index (χ4v) is 2.49. The third-order valence-corrected chi connectivity index (χ3v) is 3.44. The molecule has 1 aromatic rings. The van der Waals surface area contributed by atoms with Gasteiger partial charge in [-0.3, -0.25) is 9.59 Å². The highest BCUT2D eigenvalue weighted by Gasteiger charge is 2.30. The van der Waals surface area contributed by atoms with E-state index in [1.807, 2.05) is 12.1 Å². The Morgan fingerprint density at radius 3 is 2.63 bits per heavy atom. The van der Waals surface area contributed by atoms with Gasteiger partial charge >= 0.3 is 5.97 Å². The Bertz CT molecular complexity index is 470. The number of carboxylic acids is 1. The number of carboxylic acid groups (broad SMARTS) is 1. The van der Waals surface area contributed by atoms with Crippen molar-refractivity contribution in [1.29, 1.82) is 0 Å². The highest BCUT2D eigenvalue weighted by atomic mass is 16.4. The van der Waals surface area contributed by atoms with E-state index in [1.54, 1.807) is 17.0 Å². The van der Waals surface area contributed by atoms with E-state index in [1.165, 1.54) is 0 Å². The van der Waals surface area contributed by atoms with Crippen LogP contribution in [0.2, 0.25) is 0 Å². The summed E-state index contributed by atoms with van der Waals surface area (Å²) in [4.78, 5) is 24.7. The fourth-order valence-electron chi connectivity index (χ4n) is 2.49. The standard InChI is InChI=1S/C14H18N2O3/c15-11-5-3-10(4-6-11)8-13(17)16-7-1-2-12(16)9-14(18)19/h3-6,12H,1-2,7-9,15H2,(H,18,19). The highest BCUT2D eigenvalue weighted by molar-refractivity contribution is 5.80. The average Bonchev–Trinajstić information content (AvgIpc) is 2.79. The number of hydrogen-bond donors (Lipinski definition) is 2. The van der Waals surface area contributed by atoms with E-state index in [2.05, 4.69) is 0 Å². The molecule has 1 aliphatic rings. The van der Waals surface area contributed by atoms with E-state index < -0.39 is 5.97 Å². The van der Waals surface area contributed by atoms with Gasteiger partial charge in [-0.05, 0) is 30.5 Å². The molecule has 1 fully saturated rings. The molecule has 5 heteroatoms. The predicted molar refractivity (Wildman–Crippen MR) is 71.5 cm³/mol. The summed E-state index contributed by atoms with van der Waals surface area (Å²) >= 11 is 0. The number of nitrogen functional groups attached to an aromatic ring is 1. The smallest absolute Gasteiger partial charge is 0.305 e. The van der Waals surface area contributed by atoms with Crippen molar-refractivity contribution in [3.8, 4) is 0 Å². The van der Waals surface area contributed by atoms with Crippen LogP contribution in [0.3, 0.4) is 0 Å². The topological polar surface area (TPSA) is 83.6 Å². The van der Waals surface area contributed by atoms with Crippen LogP contribution in [0, 0.1) is 0 Å². The van der Waals surface area contributed by atoms with Crippen molar-refractivity contribution in [2.45, 2.75) is 31.7 Å². The molecule has 1 amide bonds. The van der Waals surface area contributed by atoms with Gasteiger partial charge < -0.3 is 15.7 Å². The lowest BCUT2D eigenvalue weighted by molar-refractivity contribution is -0.139.